The van der Waals surface area contributed by atoms with E-state index < -0.39 is 6.04 Å². The molecule has 1 aromatic carbocycles. The van der Waals surface area contributed by atoms with Crippen molar-refractivity contribution in [2.75, 3.05) is 33.3 Å². The summed E-state index contributed by atoms with van der Waals surface area (Å²) < 4.78 is 6.95. The highest BCUT2D eigenvalue weighted by atomic mass is 16.5. The van der Waals surface area contributed by atoms with E-state index in [1.54, 1.807) is 31.4 Å². The second-order valence-electron chi connectivity index (χ2n) is 8.40. The Bertz CT molecular complexity index is 878. The molecule has 1 atom stereocenters. The number of rotatable bonds is 7. The van der Waals surface area contributed by atoms with Crippen molar-refractivity contribution in [3.63, 3.8) is 0 Å². The van der Waals surface area contributed by atoms with Crippen LogP contribution in [0.3, 0.4) is 0 Å². The minimum atomic E-state index is -0.556. The van der Waals surface area contributed by atoms with E-state index in [4.69, 9.17) is 4.74 Å². The number of hydrogen-bond donors (Lipinski definition) is 1. The molecule has 168 valence electrons. The Morgan fingerprint density at radius 1 is 1.13 bits per heavy atom. The van der Waals surface area contributed by atoms with Gasteiger partial charge in [0, 0.05) is 57.1 Å². The zero-order chi connectivity index (χ0) is 22.4. The van der Waals surface area contributed by atoms with Crippen molar-refractivity contribution in [1.29, 1.82) is 0 Å². The molecule has 8 nitrogen and oxygen atoms in total. The zero-order valence-corrected chi connectivity index (χ0v) is 18.9. The molecule has 2 amide bonds. The van der Waals surface area contributed by atoms with Gasteiger partial charge >= 0.3 is 0 Å². The van der Waals surface area contributed by atoms with E-state index in [1.807, 2.05) is 42.9 Å². The summed E-state index contributed by atoms with van der Waals surface area (Å²) in [7, 11) is 3.50. The second kappa shape index (κ2) is 10.4. The van der Waals surface area contributed by atoms with Crippen LogP contribution >= 0.6 is 0 Å². The highest BCUT2D eigenvalue weighted by molar-refractivity contribution is 5.97. The maximum Gasteiger partial charge on any atom is 0.251 e. The molecule has 1 aliphatic rings. The minimum Gasteiger partial charge on any atom is -0.497 e. The smallest absolute Gasteiger partial charge is 0.251 e. The maximum atomic E-state index is 13.3. The van der Waals surface area contributed by atoms with E-state index in [-0.39, 0.29) is 17.7 Å². The molecular weight excluding hydrogens is 394 g/mol. The molecule has 1 saturated heterocycles. The fraction of sp³-hybridized carbons (Fsp3) is 0.522. The molecule has 1 unspecified atom stereocenters. The Balaban J connectivity index is 1.60. The number of carbonyl (C=O) groups excluding carboxylic acids is 2. The van der Waals surface area contributed by atoms with Crippen molar-refractivity contribution < 1.29 is 14.3 Å². The molecule has 1 aliphatic heterocycles. The van der Waals surface area contributed by atoms with Crippen molar-refractivity contribution in [3.8, 4) is 5.75 Å². The van der Waals surface area contributed by atoms with Gasteiger partial charge in [-0.1, -0.05) is 13.8 Å². The molecule has 0 saturated carbocycles. The maximum absolute atomic E-state index is 13.3. The van der Waals surface area contributed by atoms with E-state index >= 15 is 0 Å². The third-order valence-corrected chi connectivity index (χ3v) is 5.64. The van der Waals surface area contributed by atoms with Gasteiger partial charge < -0.3 is 15.0 Å². The molecular formula is C23H33N5O3. The van der Waals surface area contributed by atoms with Gasteiger partial charge in [-0.2, -0.15) is 5.10 Å². The van der Waals surface area contributed by atoms with Gasteiger partial charge in [0.15, 0.2) is 0 Å². The van der Waals surface area contributed by atoms with Gasteiger partial charge in [-0.05, 0) is 36.6 Å². The number of carbonyl (C=O) groups is 2. The first-order valence-corrected chi connectivity index (χ1v) is 10.8. The summed E-state index contributed by atoms with van der Waals surface area (Å²) >= 11 is 0. The van der Waals surface area contributed by atoms with E-state index in [2.05, 4.69) is 15.3 Å². The van der Waals surface area contributed by atoms with Gasteiger partial charge in [-0.25, -0.2) is 0 Å². The van der Waals surface area contributed by atoms with E-state index in [0.717, 1.165) is 26.1 Å². The summed E-state index contributed by atoms with van der Waals surface area (Å²) in [5.74, 6) is 0.417. The summed E-state index contributed by atoms with van der Waals surface area (Å²) in [5, 5.41) is 7.18. The van der Waals surface area contributed by atoms with Gasteiger partial charge in [0.05, 0.1) is 13.3 Å². The van der Waals surface area contributed by atoms with Crippen molar-refractivity contribution in [3.05, 3.63) is 47.8 Å². The first-order valence-electron chi connectivity index (χ1n) is 10.8. The highest BCUT2D eigenvalue weighted by Crippen LogP contribution is 2.15. The first-order chi connectivity index (χ1) is 14.9. The van der Waals surface area contributed by atoms with Gasteiger partial charge in [0.1, 0.15) is 11.8 Å². The predicted octanol–water partition coefficient (Wildman–Crippen LogP) is 1.92. The van der Waals surface area contributed by atoms with E-state index in [0.29, 0.717) is 24.4 Å². The molecule has 0 spiro atoms. The lowest BCUT2D eigenvalue weighted by molar-refractivity contribution is -0.134. The monoisotopic (exact) mass is 427 g/mol. The largest absolute Gasteiger partial charge is 0.497 e. The van der Waals surface area contributed by atoms with Gasteiger partial charge in [-0.15, -0.1) is 0 Å². The van der Waals surface area contributed by atoms with Crippen LogP contribution in [-0.2, 0) is 18.4 Å². The first kappa shape index (κ1) is 22.8. The fourth-order valence-electron chi connectivity index (χ4n) is 3.84. The molecule has 0 radical (unpaired) electrons. The lowest BCUT2D eigenvalue weighted by Crippen LogP contribution is -2.52. The third kappa shape index (κ3) is 6.07. The van der Waals surface area contributed by atoms with Crippen LogP contribution in [-0.4, -0.2) is 70.7 Å². The average Bonchev–Trinajstić information content (AvgIpc) is 3.03. The quantitative estimate of drug-likeness (QED) is 0.730. The summed E-state index contributed by atoms with van der Waals surface area (Å²) in [6, 6.07) is 6.34. The number of aryl methyl sites for hydroxylation is 1. The second-order valence-corrected chi connectivity index (χ2v) is 8.40. The Hall–Kier alpha value is -2.87. The van der Waals surface area contributed by atoms with Crippen LogP contribution in [0.25, 0.3) is 0 Å². The Labute approximate surface area is 184 Å². The van der Waals surface area contributed by atoms with Crippen molar-refractivity contribution in [1.82, 2.24) is 24.9 Å². The zero-order valence-electron chi connectivity index (χ0n) is 18.9. The molecule has 8 heteroatoms. The molecule has 3 rings (SSSR count). The Kier molecular flexibility index (Phi) is 7.68. The fourth-order valence-corrected chi connectivity index (χ4v) is 3.84. The van der Waals surface area contributed by atoms with Gasteiger partial charge in [-0.3, -0.25) is 19.2 Å². The number of amides is 2. The molecule has 2 aromatic rings. The van der Waals surface area contributed by atoms with Crippen molar-refractivity contribution >= 4 is 11.8 Å². The Morgan fingerprint density at radius 3 is 2.48 bits per heavy atom. The number of hydrogen-bond acceptors (Lipinski definition) is 5. The molecule has 1 aromatic heterocycles. The number of benzene rings is 1. The van der Waals surface area contributed by atoms with Crippen LogP contribution in [0.1, 0.15) is 36.2 Å². The molecule has 1 fully saturated rings. The lowest BCUT2D eigenvalue weighted by Gasteiger charge is -2.29. The van der Waals surface area contributed by atoms with Crippen LogP contribution < -0.4 is 10.1 Å². The normalized spacial score (nSPS) is 16.1. The topological polar surface area (TPSA) is 79.7 Å². The van der Waals surface area contributed by atoms with Crippen molar-refractivity contribution in [2.24, 2.45) is 13.0 Å². The summed E-state index contributed by atoms with van der Waals surface area (Å²) in [4.78, 5) is 30.3. The summed E-state index contributed by atoms with van der Waals surface area (Å²) in [5.41, 5.74) is 1.69. The van der Waals surface area contributed by atoms with Gasteiger partial charge in [0.2, 0.25) is 5.91 Å². The minimum absolute atomic E-state index is 0.00977. The van der Waals surface area contributed by atoms with Crippen LogP contribution in [0.4, 0.5) is 0 Å². The molecule has 0 aliphatic carbocycles. The highest BCUT2D eigenvalue weighted by Gasteiger charge is 2.30. The van der Waals surface area contributed by atoms with Crippen LogP contribution in [0, 0.1) is 5.92 Å². The summed E-state index contributed by atoms with van der Waals surface area (Å²) in [6.07, 6.45) is 4.82. The van der Waals surface area contributed by atoms with Crippen LogP contribution in [0.5, 0.6) is 5.75 Å². The molecule has 0 bridgehead atoms. The van der Waals surface area contributed by atoms with Crippen LogP contribution in [0.2, 0.25) is 0 Å². The number of ether oxygens (including phenoxy) is 1. The molecule has 1 N–H and O–H groups in total. The molecule has 2 heterocycles. The van der Waals surface area contributed by atoms with Crippen molar-refractivity contribution in [2.45, 2.75) is 32.9 Å². The standard InChI is InChI=1S/C23H33N5O3/c1-17(2)21(25-22(29)19-6-8-20(31-4)9-7-19)23(30)28-11-5-10-27(12-13-28)16-18-14-24-26(3)15-18/h6-9,14-15,17,21H,5,10-13,16H2,1-4H3,(H,25,29). The number of aromatic nitrogens is 2. The SMILES string of the molecule is COc1ccc(C(=O)NC(C(=O)N2CCCN(Cc3cnn(C)c3)CC2)C(C)C)cc1. The third-order valence-electron chi connectivity index (χ3n) is 5.64. The number of nitrogens with one attached hydrogen (secondary N) is 1. The summed E-state index contributed by atoms with van der Waals surface area (Å²) in [6.45, 7) is 7.84. The van der Waals surface area contributed by atoms with Crippen LogP contribution in [0.15, 0.2) is 36.7 Å². The average molecular weight is 428 g/mol. The lowest BCUT2D eigenvalue weighted by atomic mass is 10.0. The molecule has 31 heavy (non-hydrogen) atoms. The number of nitrogens with zero attached hydrogens (tertiary/aromatic N) is 4. The van der Waals surface area contributed by atoms with E-state index in [9.17, 15) is 9.59 Å². The van der Waals surface area contributed by atoms with E-state index in [1.165, 1.54) is 5.56 Å². The number of methoxy groups -OCH3 is 1. The Morgan fingerprint density at radius 2 is 1.87 bits per heavy atom. The van der Waals surface area contributed by atoms with Gasteiger partial charge in [0.25, 0.3) is 5.91 Å². The predicted molar refractivity (Wildman–Crippen MR) is 119 cm³/mol.